The number of anilines is 1. The van der Waals surface area contributed by atoms with Gasteiger partial charge >= 0.3 is 0 Å². The topological polar surface area (TPSA) is 103 Å². The van der Waals surface area contributed by atoms with E-state index in [2.05, 4.69) is 15.9 Å². The summed E-state index contributed by atoms with van der Waals surface area (Å²) in [5.41, 5.74) is 11.8. The normalized spacial score (nSPS) is 11.3. The van der Waals surface area contributed by atoms with Crippen molar-refractivity contribution >= 4 is 37.4 Å². The molecular weight excluding hydrogens is 356 g/mol. The first-order valence-corrected chi connectivity index (χ1v) is 8.41. The SMILES string of the molecule is NC(=O)c1ccc(CS(=O)(=O)c2ccccc2Br)c(N)c1. The lowest BCUT2D eigenvalue weighted by Crippen LogP contribution is -2.13. The quantitative estimate of drug-likeness (QED) is 0.806. The predicted molar refractivity (Wildman–Crippen MR) is 84.4 cm³/mol. The van der Waals surface area contributed by atoms with Crippen LogP contribution in [-0.2, 0) is 15.6 Å². The van der Waals surface area contributed by atoms with Crippen LogP contribution in [0.1, 0.15) is 15.9 Å². The number of carbonyl (C=O) groups excluding carboxylic acids is 1. The van der Waals surface area contributed by atoms with Crippen molar-refractivity contribution in [1.82, 2.24) is 0 Å². The summed E-state index contributed by atoms with van der Waals surface area (Å²) in [6.45, 7) is 0. The zero-order valence-electron chi connectivity index (χ0n) is 10.9. The van der Waals surface area contributed by atoms with Crippen molar-refractivity contribution in [2.24, 2.45) is 5.73 Å². The van der Waals surface area contributed by atoms with Gasteiger partial charge in [0.1, 0.15) is 0 Å². The maximum atomic E-state index is 12.4. The molecule has 0 aliphatic carbocycles. The lowest BCUT2D eigenvalue weighted by Gasteiger charge is -2.09. The third-order valence-electron chi connectivity index (χ3n) is 2.95. The Labute approximate surface area is 131 Å². The minimum Gasteiger partial charge on any atom is -0.398 e. The standard InChI is InChI=1S/C14H13BrN2O3S/c15-11-3-1-2-4-13(11)21(19,20)8-10-6-5-9(14(17)18)7-12(10)16/h1-7H,8,16H2,(H2,17,18). The fourth-order valence-electron chi connectivity index (χ4n) is 1.86. The highest BCUT2D eigenvalue weighted by molar-refractivity contribution is 9.10. The molecular formula is C14H13BrN2O3S. The Kier molecular flexibility index (Phi) is 4.34. The minimum absolute atomic E-state index is 0.198. The largest absolute Gasteiger partial charge is 0.398 e. The van der Waals surface area contributed by atoms with Crippen LogP contribution in [0.25, 0.3) is 0 Å². The third kappa shape index (κ3) is 3.43. The van der Waals surface area contributed by atoms with E-state index in [1.807, 2.05) is 0 Å². The monoisotopic (exact) mass is 368 g/mol. The van der Waals surface area contributed by atoms with E-state index >= 15 is 0 Å². The Bertz CT molecular complexity index is 804. The van der Waals surface area contributed by atoms with Crippen LogP contribution in [0.4, 0.5) is 5.69 Å². The van der Waals surface area contributed by atoms with Gasteiger partial charge in [-0.25, -0.2) is 8.42 Å². The molecule has 0 aliphatic rings. The highest BCUT2D eigenvalue weighted by Crippen LogP contribution is 2.26. The Morgan fingerprint density at radius 3 is 2.38 bits per heavy atom. The summed E-state index contributed by atoms with van der Waals surface area (Å²) in [5, 5.41) is 0. The zero-order valence-corrected chi connectivity index (χ0v) is 13.3. The van der Waals surface area contributed by atoms with Crippen LogP contribution in [0.15, 0.2) is 51.8 Å². The van der Waals surface area contributed by atoms with E-state index in [-0.39, 0.29) is 21.9 Å². The number of sulfone groups is 1. The van der Waals surface area contributed by atoms with Crippen molar-refractivity contribution in [3.63, 3.8) is 0 Å². The van der Waals surface area contributed by atoms with Crippen molar-refractivity contribution < 1.29 is 13.2 Å². The summed E-state index contributed by atoms with van der Waals surface area (Å²) < 4.78 is 25.3. The number of benzene rings is 2. The molecule has 5 nitrogen and oxygen atoms in total. The van der Waals surface area contributed by atoms with Crippen LogP contribution in [-0.4, -0.2) is 14.3 Å². The van der Waals surface area contributed by atoms with E-state index in [0.717, 1.165) is 0 Å². The molecule has 21 heavy (non-hydrogen) atoms. The smallest absolute Gasteiger partial charge is 0.248 e. The van der Waals surface area contributed by atoms with Gasteiger partial charge < -0.3 is 11.5 Å². The van der Waals surface area contributed by atoms with Gasteiger partial charge in [-0.2, -0.15) is 0 Å². The lowest BCUT2D eigenvalue weighted by molar-refractivity contribution is 0.100. The van der Waals surface area contributed by atoms with Crippen molar-refractivity contribution in [2.75, 3.05) is 5.73 Å². The number of primary amides is 1. The van der Waals surface area contributed by atoms with Crippen LogP contribution in [0.3, 0.4) is 0 Å². The Morgan fingerprint density at radius 1 is 1.14 bits per heavy atom. The summed E-state index contributed by atoms with van der Waals surface area (Å²) in [4.78, 5) is 11.3. The molecule has 7 heteroatoms. The Morgan fingerprint density at radius 2 is 1.81 bits per heavy atom. The van der Waals surface area contributed by atoms with E-state index in [1.54, 1.807) is 18.2 Å². The first-order valence-electron chi connectivity index (χ1n) is 5.97. The van der Waals surface area contributed by atoms with Gasteiger partial charge in [-0.15, -0.1) is 0 Å². The molecule has 0 atom stereocenters. The molecule has 2 aromatic rings. The molecule has 0 saturated heterocycles. The molecule has 0 aliphatic heterocycles. The summed E-state index contributed by atoms with van der Waals surface area (Å²) >= 11 is 3.22. The Balaban J connectivity index is 2.38. The molecule has 0 saturated carbocycles. The van der Waals surface area contributed by atoms with E-state index < -0.39 is 15.7 Å². The van der Waals surface area contributed by atoms with Crippen molar-refractivity contribution in [2.45, 2.75) is 10.6 Å². The fraction of sp³-hybridized carbons (Fsp3) is 0.0714. The second-order valence-corrected chi connectivity index (χ2v) is 7.28. The van der Waals surface area contributed by atoms with Crippen molar-refractivity contribution in [1.29, 1.82) is 0 Å². The number of amides is 1. The molecule has 0 bridgehead atoms. The van der Waals surface area contributed by atoms with Gasteiger partial charge in [0, 0.05) is 15.7 Å². The molecule has 0 spiro atoms. The van der Waals surface area contributed by atoms with Crippen LogP contribution in [0.2, 0.25) is 0 Å². The molecule has 2 aromatic carbocycles. The minimum atomic E-state index is -3.54. The van der Waals surface area contributed by atoms with Crippen molar-refractivity contribution in [3.05, 3.63) is 58.1 Å². The first kappa shape index (κ1) is 15.5. The molecule has 110 valence electrons. The van der Waals surface area contributed by atoms with Gasteiger partial charge in [0.05, 0.1) is 10.6 Å². The maximum absolute atomic E-state index is 12.4. The molecule has 0 unspecified atom stereocenters. The molecule has 1 amide bonds. The molecule has 4 N–H and O–H groups in total. The first-order chi connectivity index (χ1) is 9.81. The van der Waals surface area contributed by atoms with Gasteiger partial charge in [0.2, 0.25) is 5.91 Å². The average molecular weight is 369 g/mol. The molecule has 0 aromatic heterocycles. The second-order valence-electron chi connectivity index (χ2n) is 4.47. The van der Waals surface area contributed by atoms with Gasteiger partial charge in [-0.3, -0.25) is 4.79 Å². The van der Waals surface area contributed by atoms with Gasteiger partial charge in [0.15, 0.2) is 9.84 Å². The second kappa shape index (κ2) is 5.87. The zero-order chi connectivity index (χ0) is 15.6. The van der Waals surface area contributed by atoms with Crippen molar-refractivity contribution in [3.8, 4) is 0 Å². The molecule has 0 radical (unpaired) electrons. The fourth-order valence-corrected chi connectivity index (χ4v) is 4.36. The van der Waals surface area contributed by atoms with Gasteiger partial charge in [-0.1, -0.05) is 18.2 Å². The number of halogens is 1. The van der Waals surface area contributed by atoms with E-state index in [0.29, 0.717) is 10.0 Å². The Hall–Kier alpha value is -1.86. The summed E-state index contributed by atoms with van der Waals surface area (Å²) in [6.07, 6.45) is 0. The number of hydrogen-bond acceptors (Lipinski definition) is 4. The van der Waals surface area contributed by atoms with E-state index in [9.17, 15) is 13.2 Å². The van der Waals surface area contributed by atoms with Crippen LogP contribution in [0.5, 0.6) is 0 Å². The van der Waals surface area contributed by atoms with Crippen LogP contribution >= 0.6 is 15.9 Å². The highest BCUT2D eigenvalue weighted by Gasteiger charge is 2.19. The number of rotatable bonds is 4. The predicted octanol–water partition coefficient (Wildman–Crippen LogP) is 2.10. The van der Waals surface area contributed by atoms with Crippen LogP contribution in [0, 0.1) is 0 Å². The van der Waals surface area contributed by atoms with Crippen LogP contribution < -0.4 is 11.5 Å². The summed E-state index contributed by atoms with van der Waals surface area (Å²) in [7, 11) is -3.54. The lowest BCUT2D eigenvalue weighted by atomic mass is 10.1. The highest BCUT2D eigenvalue weighted by atomic mass is 79.9. The van der Waals surface area contributed by atoms with E-state index in [1.165, 1.54) is 24.3 Å². The van der Waals surface area contributed by atoms with Gasteiger partial charge in [0.25, 0.3) is 0 Å². The number of hydrogen-bond donors (Lipinski definition) is 2. The third-order valence-corrected chi connectivity index (χ3v) is 5.62. The molecule has 2 rings (SSSR count). The molecule has 0 fully saturated rings. The van der Waals surface area contributed by atoms with Gasteiger partial charge in [-0.05, 0) is 45.8 Å². The number of nitrogens with two attached hydrogens (primary N) is 2. The number of carbonyl (C=O) groups is 1. The molecule has 0 heterocycles. The summed E-state index contributed by atoms with van der Waals surface area (Å²) in [6, 6.07) is 10.9. The summed E-state index contributed by atoms with van der Waals surface area (Å²) in [5.74, 6) is -0.859. The van der Waals surface area contributed by atoms with E-state index in [4.69, 9.17) is 11.5 Å². The average Bonchev–Trinajstić information content (AvgIpc) is 2.41. The number of nitrogen functional groups attached to an aromatic ring is 1. The maximum Gasteiger partial charge on any atom is 0.248 e.